The molecule has 0 saturated carbocycles. The van der Waals surface area contributed by atoms with Crippen molar-refractivity contribution in [3.8, 4) is 11.6 Å². The zero-order valence-electron chi connectivity index (χ0n) is 11.8. The van der Waals surface area contributed by atoms with Crippen LogP contribution >= 0.6 is 0 Å². The zero-order chi connectivity index (χ0) is 13.8. The first-order valence-electron chi connectivity index (χ1n) is 7.13. The second kappa shape index (κ2) is 6.09. The molecule has 3 rings (SSSR count). The van der Waals surface area contributed by atoms with E-state index in [1.54, 1.807) is 13.3 Å². The molecule has 1 saturated heterocycles. The summed E-state index contributed by atoms with van der Waals surface area (Å²) in [6, 6.07) is 7.96. The Labute approximate surface area is 119 Å². The van der Waals surface area contributed by atoms with Crippen molar-refractivity contribution in [2.24, 2.45) is 5.92 Å². The number of hydrogen-bond acceptors (Lipinski definition) is 4. The lowest BCUT2D eigenvalue weighted by atomic mass is 10.1. The topological polar surface area (TPSA) is 43.4 Å². The number of ether oxygens (including phenoxy) is 2. The maximum atomic E-state index is 5.89. The second-order valence-electron chi connectivity index (χ2n) is 5.20. The number of rotatable bonds is 5. The number of pyridine rings is 1. The molecular formula is C16H20N2O2. The van der Waals surface area contributed by atoms with E-state index in [2.05, 4.69) is 10.3 Å². The van der Waals surface area contributed by atoms with Gasteiger partial charge in [0.2, 0.25) is 5.88 Å². The van der Waals surface area contributed by atoms with Gasteiger partial charge in [0.1, 0.15) is 5.75 Å². The molecule has 0 aliphatic carbocycles. The molecule has 0 bridgehead atoms. The van der Waals surface area contributed by atoms with Crippen LogP contribution in [0.5, 0.6) is 11.6 Å². The Morgan fingerprint density at radius 3 is 3.10 bits per heavy atom. The number of nitrogens with zero attached hydrogens (tertiary/aromatic N) is 1. The summed E-state index contributed by atoms with van der Waals surface area (Å²) in [6.07, 6.45) is 4.12. The quantitative estimate of drug-likeness (QED) is 0.908. The maximum Gasteiger partial charge on any atom is 0.221 e. The summed E-state index contributed by atoms with van der Waals surface area (Å²) in [6.45, 7) is 2.96. The molecule has 1 aromatic heterocycles. The Morgan fingerprint density at radius 2 is 2.30 bits per heavy atom. The first-order chi connectivity index (χ1) is 9.86. The molecular weight excluding hydrogens is 252 g/mol. The highest BCUT2D eigenvalue weighted by Crippen LogP contribution is 2.27. The molecule has 4 heteroatoms. The van der Waals surface area contributed by atoms with Crippen molar-refractivity contribution in [3.63, 3.8) is 0 Å². The van der Waals surface area contributed by atoms with Gasteiger partial charge < -0.3 is 14.8 Å². The van der Waals surface area contributed by atoms with Crippen LogP contribution in [-0.2, 0) is 0 Å². The lowest BCUT2D eigenvalue weighted by Crippen LogP contribution is -2.12. The van der Waals surface area contributed by atoms with E-state index in [-0.39, 0.29) is 0 Å². The van der Waals surface area contributed by atoms with Gasteiger partial charge >= 0.3 is 0 Å². The molecule has 106 valence electrons. The number of methoxy groups -OCH3 is 1. The molecule has 0 spiro atoms. The van der Waals surface area contributed by atoms with Crippen molar-refractivity contribution in [2.75, 3.05) is 26.8 Å². The van der Waals surface area contributed by atoms with Crippen molar-refractivity contribution < 1.29 is 9.47 Å². The SMILES string of the molecule is COc1ccc2ccnc(OCCC3CCNC3)c2c1. The smallest absolute Gasteiger partial charge is 0.221 e. The summed E-state index contributed by atoms with van der Waals surface area (Å²) in [5.41, 5.74) is 0. The van der Waals surface area contributed by atoms with E-state index in [9.17, 15) is 0 Å². The summed E-state index contributed by atoms with van der Waals surface area (Å²) < 4.78 is 11.2. The second-order valence-corrected chi connectivity index (χ2v) is 5.20. The third kappa shape index (κ3) is 2.85. The summed E-state index contributed by atoms with van der Waals surface area (Å²) in [5, 5.41) is 5.51. The molecule has 2 aromatic rings. The first-order valence-corrected chi connectivity index (χ1v) is 7.13. The Kier molecular flexibility index (Phi) is 4.02. The number of nitrogens with one attached hydrogen (secondary N) is 1. The summed E-state index contributed by atoms with van der Waals surface area (Å²) in [5.74, 6) is 2.27. The average Bonchev–Trinajstić information content (AvgIpc) is 3.00. The van der Waals surface area contributed by atoms with Crippen molar-refractivity contribution in [1.82, 2.24) is 10.3 Å². The van der Waals surface area contributed by atoms with Crippen molar-refractivity contribution >= 4 is 10.8 Å². The van der Waals surface area contributed by atoms with E-state index in [1.807, 2.05) is 24.3 Å². The standard InChI is InChI=1S/C16H20N2O2/c1-19-14-3-2-13-5-8-18-16(15(13)10-14)20-9-6-12-4-7-17-11-12/h2-3,5,8,10,12,17H,4,6-7,9,11H2,1H3. The van der Waals surface area contributed by atoms with E-state index in [4.69, 9.17) is 9.47 Å². The normalized spacial score (nSPS) is 18.4. The molecule has 0 amide bonds. The Morgan fingerprint density at radius 1 is 1.35 bits per heavy atom. The lowest BCUT2D eigenvalue weighted by Gasteiger charge is -2.11. The molecule has 20 heavy (non-hydrogen) atoms. The van der Waals surface area contributed by atoms with Gasteiger partial charge in [0.15, 0.2) is 0 Å². The van der Waals surface area contributed by atoms with Gasteiger partial charge in [-0.25, -0.2) is 4.98 Å². The van der Waals surface area contributed by atoms with Crippen molar-refractivity contribution in [3.05, 3.63) is 30.5 Å². The zero-order valence-corrected chi connectivity index (χ0v) is 11.8. The van der Waals surface area contributed by atoms with Crippen LogP contribution in [0.1, 0.15) is 12.8 Å². The highest BCUT2D eigenvalue weighted by atomic mass is 16.5. The Bertz CT molecular complexity index is 580. The number of fused-ring (bicyclic) bond motifs is 1. The van der Waals surface area contributed by atoms with Gasteiger partial charge in [-0.05, 0) is 55.4 Å². The van der Waals surface area contributed by atoms with Crippen molar-refractivity contribution in [1.29, 1.82) is 0 Å². The molecule has 1 fully saturated rings. The number of benzene rings is 1. The first kappa shape index (κ1) is 13.2. The van der Waals surface area contributed by atoms with Gasteiger partial charge in [0, 0.05) is 11.6 Å². The van der Waals surface area contributed by atoms with Gasteiger partial charge in [-0.15, -0.1) is 0 Å². The number of hydrogen-bond donors (Lipinski definition) is 1. The third-order valence-electron chi connectivity index (χ3n) is 3.86. The fourth-order valence-corrected chi connectivity index (χ4v) is 2.65. The van der Waals surface area contributed by atoms with Crippen LogP contribution < -0.4 is 14.8 Å². The van der Waals surface area contributed by atoms with Crippen LogP contribution in [0, 0.1) is 5.92 Å². The van der Waals surface area contributed by atoms with Crippen LogP contribution in [0.4, 0.5) is 0 Å². The molecule has 1 N–H and O–H groups in total. The van der Waals surface area contributed by atoms with Crippen LogP contribution in [0.3, 0.4) is 0 Å². The Balaban J connectivity index is 1.72. The molecule has 1 unspecified atom stereocenters. The van der Waals surface area contributed by atoms with Crippen LogP contribution in [0.15, 0.2) is 30.5 Å². The predicted octanol–water partition coefficient (Wildman–Crippen LogP) is 2.62. The average molecular weight is 272 g/mol. The minimum Gasteiger partial charge on any atom is -0.497 e. The van der Waals surface area contributed by atoms with E-state index in [0.29, 0.717) is 5.88 Å². The molecule has 1 aromatic carbocycles. The molecule has 1 aliphatic rings. The number of aromatic nitrogens is 1. The van der Waals surface area contributed by atoms with Crippen LogP contribution in [0.25, 0.3) is 10.8 Å². The minimum atomic E-state index is 0.701. The fourth-order valence-electron chi connectivity index (χ4n) is 2.65. The van der Waals surface area contributed by atoms with E-state index < -0.39 is 0 Å². The molecule has 0 radical (unpaired) electrons. The predicted molar refractivity (Wildman–Crippen MR) is 79.4 cm³/mol. The van der Waals surface area contributed by atoms with Gasteiger partial charge in [0.25, 0.3) is 0 Å². The lowest BCUT2D eigenvalue weighted by molar-refractivity contribution is 0.277. The van der Waals surface area contributed by atoms with E-state index in [0.717, 1.165) is 48.6 Å². The molecule has 1 aliphatic heterocycles. The summed E-state index contributed by atoms with van der Waals surface area (Å²) in [7, 11) is 1.67. The Hall–Kier alpha value is -1.81. The highest BCUT2D eigenvalue weighted by molar-refractivity contribution is 5.87. The summed E-state index contributed by atoms with van der Waals surface area (Å²) in [4.78, 5) is 4.35. The molecule has 1 atom stereocenters. The largest absolute Gasteiger partial charge is 0.497 e. The highest BCUT2D eigenvalue weighted by Gasteiger charge is 2.14. The third-order valence-corrected chi connectivity index (χ3v) is 3.86. The monoisotopic (exact) mass is 272 g/mol. The fraction of sp³-hybridized carbons (Fsp3) is 0.438. The van der Waals surface area contributed by atoms with Crippen LogP contribution in [0.2, 0.25) is 0 Å². The molecule has 4 nitrogen and oxygen atoms in total. The van der Waals surface area contributed by atoms with Gasteiger partial charge in [-0.2, -0.15) is 0 Å². The van der Waals surface area contributed by atoms with E-state index >= 15 is 0 Å². The van der Waals surface area contributed by atoms with Gasteiger partial charge in [-0.1, -0.05) is 6.07 Å². The van der Waals surface area contributed by atoms with Gasteiger partial charge in [-0.3, -0.25) is 0 Å². The van der Waals surface area contributed by atoms with Gasteiger partial charge in [0.05, 0.1) is 13.7 Å². The minimum absolute atomic E-state index is 0.701. The van der Waals surface area contributed by atoms with Crippen molar-refractivity contribution in [2.45, 2.75) is 12.8 Å². The molecule has 2 heterocycles. The van der Waals surface area contributed by atoms with E-state index in [1.165, 1.54) is 6.42 Å². The maximum absolute atomic E-state index is 5.89. The van der Waals surface area contributed by atoms with Crippen LogP contribution in [-0.4, -0.2) is 31.8 Å². The summed E-state index contributed by atoms with van der Waals surface area (Å²) >= 11 is 0.